The molecule has 2 N–H and O–H groups in total. The molecule has 1 atom stereocenters. The fourth-order valence-electron chi connectivity index (χ4n) is 2.31. The highest BCUT2D eigenvalue weighted by molar-refractivity contribution is 5.76. The second kappa shape index (κ2) is 5.89. The van der Waals surface area contributed by atoms with Crippen molar-refractivity contribution in [1.82, 2.24) is 9.97 Å². The predicted molar refractivity (Wildman–Crippen MR) is 84.2 cm³/mol. The summed E-state index contributed by atoms with van der Waals surface area (Å²) in [7, 11) is 0. The van der Waals surface area contributed by atoms with Crippen LogP contribution >= 0.6 is 0 Å². The Hall–Kier alpha value is -2.46. The van der Waals surface area contributed by atoms with E-state index in [-0.39, 0.29) is 12.6 Å². The van der Waals surface area contributed by atoms with E-state index in [1.807, 2.05) is 61.5 Å². The first kappa shape index (κ1) is 13.5. The summed E-state index contributed by atoms with van der Waals surface area (Å²) in [5.74, 6) is 0.705. The van der Waals surface area contributed by atoms with E-state index in [1.165, 1.54) is 0 Å². The molecule has 1 aromatic heterocycles. The van der Waals surface area contributed by atoms with Crippen molar-refractivity contribution in [3.63, 3.8) is 0 Å². The van der Waals surface area contributed by atoms with Crippen molar-refractivity contribution < 1.29 is 5.11 Å². The topological polar surface area (TPSA) is 58.0 Å². The summed E-state index contributed by atoms with van der Waals surface area (Å²) in [5.41, 5.74) is 3.56. The van der Waals surface area contributed by atoms with Crippen LogP contribution in [0, 0.1) is 6.92 Å². The maximum atomic E-state index is 9.63. The average molecular weight is 279 g/mol. The van der Waals surface area contributed by atoms with Gasteiger partial charge in [-0.1, -0.05) is 42.5 Å². The standard InChI is InChI=1S/C17H17N3O/c1-12-17(19-15-10-6-5-9-14(15)18-12)20-16(11-21)13-7-3-2-4-8-13/h2-10,16,21H,11H2,1H3,(H,19,20). The van der Waals surface area contributed by atoms with Crippen molar-refractivity contribution in [3.05, 3.63) is 65.9 Å². The highest BCUT2D eigenvalue weighted by atomic mass is 16.3. The molecule has 0 saturated heterocycles. The summed E-state index contributed by atoms with van der Waals surface area (Å²) >= 11 is 0. The summed E-state index contributed by atoms with van der Waals surface area (Å²) in [6.07, 6.45) is 0. The van der Waals surface area contributed by atoms with Crippen LogP contribution in [0.5, 0.6) is 0 Å². The van der Waals surface area contributed by atoms with Gasteiger partial charge in [0.15, 0.2) is 0 Å². The highest BCUT2D eigenvalue weighted by Crippen LogP contribution is 2.21. The molecular weight excluding hydrogens is 262 g/mol. The molecule has 1 unspecified atom stereocenters. The van der Waals surface area contributed by atoms with E-state index in [2.05, 4.69) is 15.3 Å². The molecule has 0 spiro atoms. The molecule has 0 radical (unpaired) electrons. The first-order valence-corrected chi connectivity index (χ1v) is 6.93. The Bertz CT molecular complexity index is 743. The average Bonchev–Trinajstić information content (AvgIpc) is 2.53. The van der Waals surface area contributed by atoms with Crippen molar-refractivity contribution in [2.75, 3.05) is 11.9 Å². The number of aromatic nitrogens is 2. The zero-order valence-corrected chi connectivity index (χ0v) is 11.8. The van der Waals surface area contributed by atoms with E-state index in [0.29, 0.717) is 5.82 Å². The SMILES string of the molecule is Cc1nc2ccccc2nc1NC(CO)c1ccccc1. The highest BCUT2D eigenvalue weighted by Gasteiger charge is 2.13. The number of rotatable bonds is 4. The van der Waals surface area contributed by atoms with E-state index < -0.39 is 0 Å². The van der Waals surface area contributed by atoms with Gasteiger partial charge in [0.25, 0.3) is 0 Å². The van der Waals surface area contributed by atoms with Gasteiger partial charge in [-0.3, -0.25) is 0 Å². The normalized spacial score (nSPS) is 12.3. The van der Waals surface area contributed by atoms with Crippen LogP contribution in [0.3, 0.4) is 0 Å². The Kier molecular flexibility index (Phi) is 3.79. The van der Waals surface area contributed by atoms with Gasteiger partial charge in [0.05, 0.1) is 29.4 Å². The van der Waals surface area contributed by atoms with Gasteiger partial charge in [-0.25, -0.2) is 9.97 Å². The molecule has 0 aliphatic rings. The lowest BCUT2D eigenvalue weighted by Crippen LogP contribution is -2.16. The lowest BCUT2D eigenvalue weighted by atomic mass is 10.1. The van der Waals surface area contributed by atoms with Gasteiger partial charge in [-0.2, -0.15) is 0 Å². The maximum Gasteiger partial charge on any atom is 0.148 e. The van der Waals surface area contributed by atoms with Crippen LogP contribution in [0.4, 0.5) is 5.82 Å². The van der Waals surface area contributed by atoms with Gasteiger partial charge in [-0.05, 0) is 24.6 Å². The number of anilines is 1. The number of nitrogens with one attached hydrogen (secondary N) is 1. The molecule has 0 saturated carbocycles. The number of hydrogen-bond acceptors (Lipinski definition) is 4. The monoisotopic (exact) mass is 279 g/mol. The Morgan fingerprint density at radius 1 is 0.952 bits per heavy atom. The zero-order chi connectivity index (χ0) is 14.7. The van der Waals surface area contributed by atoms with Crippen LogP contribution in [0.2, 0.25) is 0 Å². The summed E-state index contributed by atoms with van der Waals surface area (Å²) in [6, 6.07) is 17.4. The molecule has 106 valence electrons. The lowest BCUT2D eigenvalue weighted by molar-refractivity contribution is 0.276. The smallest absolute Gasteiger partial charge is 0.148 e. The summed E-state index contributed by atoms with van der Waals surface area (Å²) in [4.78, 5) is 9.15. The molecule has 3 rings (SSSR count). The van der Waals surface area contributed by atoms with E-state index in [9.17, 15) is 5.11 Å². The minimum absolute atomic E-state index is 0.00202. The number of aliphatic hydroxyl groups is 1. The number of aliphatic hydroxyl groups excluding tert-OH is 1. The van der Waals surface area contributed by atoms with Crippen molar-refractivity contribution in [1.29, 1.82) is 0 Å². The molecule has 0 bridgehead atoms. The van der Waals surface area contributed by atoms with Gasteiger partial charge in [0, 0.05) is 0 Å². The minimum Gasteiger partial charge on any atom is -0.394 e. The van der Waals surface area contributed by atoms with Crippen LogP contribution in [-0.2, 0) is 0 Å². The molecule has 0 fully saturated rings. The Morgan fingerprint density at radius 2 is 1.57 bits per heavy atom. The number of para-hydroxylation sites is 2. The van der Waals surface area contributed by atoms with E-state index in [0.717, 1.165) is 22.3 Å². The zero-order valence-electron chi connectivity index (χ0n) is 11.8. The first-order chi connectivity index (χ1) is 10.3. The third-order valence-corrected chi connectivity index (χ3v) is 3.44. The maximum absolute atomic E-state index is 9.63. The predicted octanol–water partition coefficient (Wildman–Crippen LogP) is 3.08. The quantitative estimate of drug-likeness (QED) is 0.770. The molecule has 0 aliphatic heterocycles. The molecule has 1 heterocycles. The van der Waals surface area contributed by atoms with E-state index in [4.69, 9.17) is 0 Å². The minimum atomic E-state index is -0.194. The fourth-order valence-corrected chi connectivity index (χ4v) is 2.31. The van der Waals surface area contributed by atoms with E-state index in [1.54, 1.807) is 0 Å². The summed E-state index contributed by atoms with van der Waals surface area (Å²) in [5, 5.41) is 12.9. The first-order valence-electron chi connectivity index (χ1n) is 6.93. The van der Waals surface area contributed by atoms with Crippen molar-refractivity contribution in [2.45, 2.75) is 13.0 Å². The third kappa shape index (κ3) is 2.85. The van der Waals surface area contributed by atoms with Crippen LogP contribution in [0.25, 0.3) is 11.0 Å². The Balaban J connectivity index is 1.95. The fraction of sp³-hybridized carbons (Fsp3) is 0.176. The summed E-state index contributed by atoms with van der Waals surface area (Å²) < 4.78 is 0. The Labute approximate surface area is 123 Å². The van der Waals surface area contributed by atoms with Crippen molar-refractivity contribution in [3.8, 4) is 0 Å². The third-order valence-electron chi connectivity index (χ3n) is 3.44. The van der Waals surface area contributed by atoms with Crippen molar-refractivity contribution >= 4 is 16.9 Å². The van der Waals surface area contributed by atoms with Gasteiger partial charge in [0.1, 0.15) is 5.82 Å². The molecule has 21 heavy (non-hydrogen) atoms. The lowest BCUT2D eigenvalue weighted by Gasteiger charge is -2.18. The molecular formula is C17H17N3O. The number of benzene rings is 2. The van der Waals surface area contributed by atoms with E-state index >= 15 is 0 Å². The number of nitrogens with zero attached hydrogens (tertiary/aromatic N) is 2. The Morgan fingerprint density at radius 3 is 2.24 bits per heavy atom. The van der Waals surface area contributed by atoms with Crippen LogP contribution in [-0.4, -0.2) is 21.7 Å². The van der Waals surface area contributed by atoms with Gasteiger partial charge < -0.3 is 10.4 Å². The van der Waals surface area contributed by atoms with Gasteiger partial charge in [0.2, 0.25) is 0 Å². The number of hydrogen-bond donors (Lipinski definition) is 2. The molecule has 2 aromatic carbocycles. The molecule has 3 aromatic rings. The summed E-state index contributed by atoms with van der Waals surface area (Å²) in [6.45, 7) is 1.92. The van der Waals surface area contributed by atoms with Crippen LogP contribution < -0.4 is 5.32 Å². The molecule has 4 heteroatoms. The largest absolute Gasteiger partial charge is 0.394 e. The van der Waals surface area contributed by atoms with Gasteiger partial charge >= 0.3 is 0 Å². The second-order valence-electron chi connectivity index (χ2n) is 4.94. The molecule has 0 aliphatic carbocycles. The molecule has 4 nitrogen and oxygen atoms in total. The number of fused-ring (bicyclic) bond motifs is 1. The van der Waals surface area contributed by atoms with Crippen molar-refractivity contribution in [2.24, 2.45) is 0 Å². The van der Waals surface area contributed by atoms with Crippen LogP contribution in [0.15, 0.2) is 54.6 Å². The second-order valence-corrected chi connectivity index (χ2v) is 4.94. The molecule has 0 amide bonds. The van der Waals surface area contributed by atoms with Crippen LogP contribution in [0.1, 0.15) is 17.3 Å². The number of aryl methyl sites for hydroxylation is 1. The van der Waals surface area contributed by atoms with Gasteiger partial charge in [-0.15, -0.1) is 0 Å².